The van der Waals surface area contributed by atoms with Gasteiger partial charge in [0.15, 0.2) is 0 Å². The maximum absolute atomic E-state index is 12.1. The highest BCUT2D eigenvalue weighted by molar-refractivity contribution is 5.99. The highest BCUT2D eigenvalue weighted by Crippen LogP contribution is 2.24. The zero-order valence-corrected chi connectivity index (χ0v) is 13.1. The standard InChI is InChI=1S/C16H24N2O3/c1-10-5-6-13(17)12(7-10)14(19)18-9-11(15(20)21)8-16(2,3)4/h5-7,11H,8-9,17H2,1-4H3,(H,18,19)(H,20,21). The predicted molar refractivity (Wildman–Crippen MR) is 83.1 cm³/mol. The van der Waals surface area contributed by atoms with Gasteiger partial charge >= 0.3 is 5.97 Å². The van der Waals surface area contributed by atoms with Gasteiger partial charge in [0.1, 0.15) is 0 Å². The first-order valence-electron chi connectivity index (χ1n) is 6.97. The van der Waals surface area contributed by atoms with E-state index in [1.54, 1.807) is 12.1 Å². The van der Waals surface area contributed by atoms with Gasteiger partial charge in [-0.15, -0.1) is 0 Å². The normalized spacial score (nSPS) is 12.8. The Kier molecular flexibility index (Phi) is 5.35. The van der Waals surface area contributed by atoms with Crippen molar-refractivity contribution in [2.24, 2.45) is 11.3 Å². The van der Waals surface area contributed by atoms with Crippen molar-refractivity contribution in [2.45, 2.75) is 34.1 Å². The molecule has 1 atom stereocenters. The molecule has 1 rings (SSSR count). The molecular formula is C16H24N2O3. The molecule has 1 aromatic rings. The fraction of sp³-hybridized carbons (Fsp3) is 0.500. The molecule has 0 heterocycles. The SMILES string of the molecule is Cc1ccc(N)c(C(=O)NCC(CC(C)(C)C)C(=O)O)c1. The molecule has 1 unspecified atom stereocenters. The molecule has 1 amide bonds. The van der Waals surface area contributed by atoms with Gasteiger partial charge in [0.25, 0.3) is 5.91 Å². The third kappa shape index (κ3) is 5.45. The van der Waals surface area contributed by atoms with E-state index < -0.39 is 11.9 Å². The molecule has 0 aliphatic carbocycles. The Morgan fingerprint density at radius 2 is 1.95 bits per heavy atom. The van der Waals surface area contributed by atoms with Crippen LogP contribution >= 0.6 is 0 Å². The van der Waals surface area contributed by atoms with Gasteiger partial charge in [0.2, 0.25) is 0 Å². The molecule has 0 aliphatic heterocycles. The minimum Gasteiger partial charge on any atom is -0.481 e. The van der Waals surface area contributed by atoms with E-state index in [1.165, 1.54) is 0 Å². The number of benzene rings is 1. The van der Waals surface area contributed by atoms with E-state index in [1.807, 2.05) is 33.8 Å². The van der Waals surface area contributed by atoms with Crippen molar-refractivity contribution in [1.29, 1.82) is 0 Å². The van der Waals surface area contributed by atoms with Crippen LogP contribution in [0.4, 0.5) is 5.69 Å². The molecule has 0 saturated carbocycles. The number of nitrogen functional groups attached to an aromatic ring is 1. The van der Waals surface area contributed by atoms with E-state index in [4.69, 9.17) is 5.73 Å². The van der Waals surface area contributed by atoms with Gasteiger partial charge in [-0.3, -0.25) is 9.59 Å². The summed E-state index contributed by atoms with van der Waals surface area (Å²) in [5.74, 6) is -1.85. The van der Waals surface area contributed by atoms with Gasteiger partial charge < -0.3 is 16.2 Å². The van der Waals surface area contributed by atoms with Gasteiger partial charge in [0, 0.05) is 12.2 Å². The molecule has 1 aromatic carbocycles. The van der Waals surface area contributed by atoms with Crippen LogP contribution in [0.1, 0.15) is 43.1 Å². The van der Waals surface area contributed by atoms with E-state index in [0.717, 1.165) is 5.56 Å². The maximum Gasteiger partial charge on any atom is 0.308 e. The Labute approximate surface area is 125 Å². The number of amides is 1. The second kappa shape index (κ2) is 6.61. The zero-order chi connectivity index (χ0) is 16.2. The number of rotatable bonds is 5. The van der Waals surface area contributed by atoms with Crippen LogP contribution in [0.15, 0.2) is 18.2 Å². The van der Waals surface area contributed by atoms with Crippen molar-refractivity contribution in [3.8, 4) is 0 Å². The van der Waals surface area contributed by atoms with Gasteiger partial charge in [-0.05, 0) is 30.9 Å². The number of carbonyl (C=O) groups excluding carboxylic acids is 1. The van der Waals surface area contributed by atoms with E-state index in [9.17, 15) is 14.7 Å². The summed E-state index contributed by atoms with van der Waals surface area (Å²) in [4.78, 5) is 23.4. The predicted octanol–water partition coefficient (Wildman–Crippen LogP) is 2.44. The first kappa shape index (κ1) is 17.0. The summed E-state index contributed by atoms with van der Waals surface area (Å²) in [6.45, 7) is 7.89. The minimum atomic E-state index is -0.901. The number of aliphatic carboxylic acids is 1. The number of carboxylic acid groups (broad SMARTS) is 1. The number of aryl methyl sites for hydroxylation is 1. The van der Waals surface area contributed by atoms with E-state index in [2.05, 4.69) is 5.32 Å². The van der Waals surface area contributed by atoms with Crippen LogP contribution in [0.2, 0.25) is 0 Å². The van der Waals surface area contributed by atoms with Crippen LogP contribution in [-0.2, 0) is 4.79 Å². The van der Waals surface area contributed by atoms with Gasteiger partial charge in [-0.25, -0.2) is 0 Å². The molecule has 4 N–H and O–H groups in total. The van der Waals surface area contributed by atoms with Crippen LogP contribution in [0.5, 0.6) is 0 Å². The summed E-state index contributed by atoms with van der Waals surface area (Å²) in [7, 11) is 0. The van der Waals surface area contributed by atoms with Crippen LogP contribution in [-0.4, -0.2) is 23.5 Å². The number of hydrogen-bond acceptors (Lipinski definition) is 3. The molecule has 116 valence electrons. The minimum absolute atomic E-state index is 0.0961. The van der Waals surface area contributed by atoms with Crippen LogP contribution in [0.3, 0.4) is 0 Å². The lowest BCUT2D eigenvalue weighted by atomic mass is 9.84. The lowest BCUT2D eigenvalue weighted by Gasteiger charge is -2.23. The van der Waals surface area contributed by atoms with Crippen molar-refractivity contribution in [1.82, 2.24) is 5.32 Å². The third-order valence-corrected chi connectivity index (χ3v) is 3.17. The molecule has 21 heavy (non-hydrogen) atoms. The highest BCUT2D eigenvalue weighted by atomic mass is 16.4. The molecule has 0 aromatic heterocycles. The lowest BCUT2D eigenvalue weighted by Crippen LogP contribution is -2.35. The Morgan fingerprint density at radius 3 is 2.48 bits per heavy atom. The average molecular weight is 292 g/mol. The van der Waals surface area contributed by atoms with Crippen molar-refractivity contribution in [3.05, 3.63) is 29.3 Å². The summed E-state index contributed by atoms with van der Waals surface area (Å²) in [5.41, 5.74) is 7.37. The molecule has 0 spiro atoms. The molecule has 0 aliphatic rings. The summed E-state index contributed by atoms with van der Waals surface area (Å²) < 4.78 is 0. The molecule has 0 bridgehead atoms. The topological polar surface area (TPSA) is 92.4 Å². The lowest BCUT2D eigenvalue weighted by molar-refractivity contribution is -0.142. The fourth-order valence-corrected chi connectivity index (χ4v) is 2.16. The Hall–Kier alpha value is -2.04. The average Bonchev–Trinajstić information content (AvgIpc) is 2.35. The molecule has 0 radical (unpaired) electrons. The fourth-order valence-electron chi connectivity index (χ4n) is 2.16. The Bertz CT molecular complexity index is 533. The van der Waals surface area contributed by atoms with Gasteiger partial charge in [0.05, 0.1) is 11.5 Å². The van der Waals surface area contributed by atoms with Crippen LogP contribution in [0, 0.1) is 18.3 Å². The van der Waals surface area contributed by atoms with Gasteiger partial charge in [-0.1, -0.05) is 32.4 Å². The Balaban J connectivity index is 2.74. The molecular weight excluding hydrogens is 268 g/mol. The highest BCUT2D eigenvalue weighted by Gasteiger charge is 2.25. The molecule has 5 nitrogen and oxygen atoms in total. The maximum atomic E-state index is 12.1. The summed E-state index contributed by atoms with van der Waals surface area (Å²) in [5, 5.41) is 11.9. The monoisotopic (exact) mass is 292 g/mol. The third-order valence-electron chi connectivity index (χ3n) is 3.17. The zero-order valence-electron chi connectivity index (χ0n) is 13.1. The number of nitrogens with two attached hydrogens (primary N) is 1. The summed E-state index contributed by atoms with van der Waals surface area (Å²) in [6, 6.07) is 5.20. The summed E-state index contributed by atoms with van der Waals surface area (Å²) in [6.07, 6.45) is 0.492. The largest absolute Gasteiger partial charge is 0.481 e. The number of nitrogens with one attached hydrogen (secondary N) is 1. The Morgan fingerprint density at radius 1 is 1.33 bits per heavy atom. The van der Waals surface area contributed by atoms with Crippen molar-refractivity contribution in [3.63, 3.8) is 0 Å². The molecule has 0 fully saturated rings. The molecule has 5 heteroatoms. The van der Waals surface area contributed by atoms with E-state index in [-0.39, 0.29) is 17.9 Å². The van der Waals surface area contributed by atoms with Gasteiger partial charge in [-0.2, -0.15) is 0 Å². The van der Waals surface area contributed by atoms with E-state index >= 15 is 0 Å². The number of hydrogen-bond donors (Lipinski definition) is 3. The van der Waals surface area contributed by atoms with Crippen LogP contribution in [0.25, 0.3) is 0 Å². The smallest absolute Gasteiger partial charge is 0.308 e. The number of carbonyl (C=O) groups is 2. The van der Waals surface area contributed by atoms with Crippen molar-refractivity contribution < 1.29 is 14.7 Å². The van der Waals surface area contributed by atoms with Crippen molar-refractivity contribution in [2.75, 3.05) is 12.3 Å². The second-order valence-electron chi connectivity index (χ2n) is 6.60. The molecule has 0 saturated heterocycles. The van der Waals surface area contributed by atoms with Crippen molar-refractivity contribution >= 4 is 17.6 Å². The number of carboxylic acids is 1. The first-order valence-corrected chi connectivity index (χ1v) is 6.97. The quantitative estimate of drug-likeness (QED) is 0.727. The number of anilines is 1. The first-order chi connectivity index (χ1) is 9.60. The van der Waals surface area contributed by atoms with Crippen LogP contribution < -0.4 is 11.1 Å². The second-order valence-corrected chi connectivity index (χ2v) is 6.60. The summed E-state index contributed by atoms with van der Waals surface area (Å²) >= 11 is 0. The van der Waals surface area contributed by atoms with E-state index in [0.29, 0.717) is 17.7 Å².